The Kier molecular flexibility index (Phi) is 4.68. The molecule has 110 valence electrons. The van der Waals surface area contributed by atoms with Crippen molar-refractivity contribution < 1.29 is 9.53 Å². The molecular weight excluding hydrogens is 264 g/mol. The van der Waals surface area contributed by atoms with Crippen molar-refractivity contribution in [2.24, 2.45) is 0 Å². The van der Waals surface area contributed by atoms with Crippen LogP contribution in [0.3, 0.4) is 0 Å². The van der Waals surface area contributed by atoms with Crippen LogP contribution in [0, 0.1) is 0 Å². The summed E-state index contributed by atoms with van der Waals surface area (Å²) in [5, 5.41) is 0. The van der Waals surface area contributed by atoms with Gasteiger partial charge in [-0.05, 0) is 18.1 Å². The van der Waals surface area contributed by atoms with Crippen molar-refractivity contribution in [2.75, 3.05) is 0 Å². The molecule has 2 rings (SSSR count). The maximum atomic E-state index is 10.8. The highest BCUT2D eigenvalue weighted by atomic mass is 16.5. The molecule has 0 radical (unpaired) electrons. The Morgan fingerprint density at radius 2 is 1.81 bits per heavy atom. The van der Waals surface area contributed by atoms with E-state index in [1.807, 2.05) is 6.07 Å². The van der Waals surface area contributed by atoms with Gasteiger partial charge in [-0.15, -0.1) is 0 Å². The van der Waals surface area contributed by atoms with Crippen LogP contribution in [0.2, 0.25) is 0 Å². The fourth-order valence-corrected chi connectivity index (χ4v) is 1.84. The second-order valence-electron chi connectivity index (χ2n) is 5.59. The Hall–Kier alpha value is -2.23. The molecule has 4 heteroatoms. The first kappa shape index (κ1) is 15.2. The molecule has 0 spiro atoms. The van der Waals surface area contributed by atoms with Crippen LogP contribution in [0.5, 0.6) is 11.6 Å². The summed E-state index contributed by atoms with van der Waals surface area (Å²) in [6.45, 7) is 8.28. The maximum Gasteiger partial charge on any atom is 0.222 e. The molecule has 0 saturated carbocycles. The lowest BCUT2D eigenvalue weighted by Gasteiger charge is -2.12. The number of hydrogen-bond donors (Lipinski definition) is 0. The minimum atomic E-state index is 0.229. The highest BCUT2D eigenvalue weighted by Crippen LogP contribution is 2.25. The molecule has 2 aromatic rings. The largest absolute Gasteiger partial charge is 0.439 e. The van der Waals surface area contributed by atoms with Gasteiger partial charge in [0.1, 0.15) is 17.9 Å². The summed E-state index contributed by atoms with van der Waals surface area (Å²) in [5.74, 6) is 2.41. The molecule has 21 heavy (non-hydrogen) atoms. The summed E-state index contributed by atoms with van der Waals surface area (Å²) in [6.07, 6.45) is 0.798. The average molecular weight is 284 g/mol. The third-order valence-corrected chi connectivity index (χ3v) is 3.06. The molecule has 0 unspecified atom stereocenters. The fourth-order valence-electron chi connectivity index (χ4n) is 1.84. The minimum absolute atomic E-state index is 0.229. The van der Waals surface area contributed by atoms with E-state index in [0.717, 1.165) is 17.8 Å². The molecule has 1 aromatic heterocycles. The molecule has 0 bridgehead atoms. The topological polar surface area (TPSA) is 52.1 Å². The van der Waals surface area contributed by atoms with E-state index in [1.165, 1.54) is 0 Å². The number of ether oxygens (including phenoxy) is 1. The van der Waals surface area contributed by atoms with Gasteiger partial charge in [-0.2, -0.15) is 4.98 Å². The average Bonchev–Trinajstić information content (AvgIpc) is 2.47. The van der Waals surface area contributed by atoms with Gasteiger partial charge in [0.2, 0.25) is 5.88 Å². The van der Waals surface area contributed by atoms with Gasteiger partial charge >= 0.3 is 0 Å². The van der Waals surface area contributed by atoms with Gasteiger partial charge in [0, 0.05) is 17.5 Å². The lowest BCUT2D eigenvalue weighted by molar-refractivity contribution is 0.112. The number of carbonyl (C=O) groups excluding carboxylic acids is 1. The fraction of sp³-hybridized carbons (Fsp3) is 0.353. The Morgan fingerprint density at radius 3 is 2.43 bits per heavy atom. The first-order valence-corrected chi connectivity index (χ1v) is 7.11. The molecule has 1 heterocycles. The Bertz CT molecular complexity index is 610. The van der Waals surface area contributed by atoms with Crippen molar-refractivity contribution in [3.05, 3.63) is 47.4 Å². The van der Waals surface area contributed by atoms with E-state index in [2.05, 4.69) is 37.7 Å². The van der Waals surface area contributed by atoms with E-state index in [4.69, 9.17) is 4.74 Å². The van der Waals surface area contributed by atoms with Crippen LogP contribution in [0.4, 0.5) is 0 Å². The van der Waals surface area contributed by atoms with Crippen molar-refractivity contribution in [3.63, 3.8) is 0 Å². The Labute approximate surface area is 125 Å². The van der Waals surface area contributed by atoms with E-state index in [9.17, 15) is 4.79 Å². The van der Waals surface area contributed by atoms with Crippen LogP contribution < -0.4 is 4.74 Å². The van der Waals surface area contributed by atoms with Crippen molar-refractivity contribution in [1.29, 1.82) is 0 Å². The van der Waals surface area contributed by atoms with Gasteiger partial charge in [0.25, 0.3) is 0 Å². The molecule has 4 nitrogen and oxygen atoms in total. The second-order valence-corrected chi connectivity index (χ2v) is 5.59. The van der Waals surface area contributed by atoms with E-state index in [-0.39, 0.29) is 5.92 Å². The van der Waals surface area contributed by atoms with Gasteiger partial charge in [-0.1, -0.05) is 39.8 Å². The van der Waals surface area contributed by atoms with E-state index < -0.39 is 0 Å². The monoisotopic (exact) mass is 284 g/mol. The smallest absolute Gasteiger partial charge is 0.222 e. The number of aldehydes is 1. The zero-order chi connectivity index (χ0) is 15.4. The summed E-state index contributed by atoms with van der Waals surface area (Å²) in [5.41, 5.74) is 1.53. The van der Waals surface area contributed by atoms with Crippen molar-refractivity contribution in [2.45, 2.75) is 39.5 Å². The molecule has 0 aliphatic carbocycles. The lowest BCUT2D eigenvalue weighted by atomic mass is 10.1. The molecule has 0 amide bonds. The first-order chi connectivity index (χ1) is 9.99. The molecule has 0 saturated heterocycles. The van der Waals surface area contributed by atoms with Crippen molar-refractivity contribution in [3.8, 4) is 11.6 Å². The van der Waals surface area contributed by atoms with Crippen LogP contribution in [-0.2, 0) is 0 Å². The molecule has 1 aromatic carbocycles. The molecular formula is C17H20N2O2. The van der Waals surface area contributed by atoms with Gasteiger partial charge in [-0.3, -0.25) is 4.79 Å². The maximum absolute atomic E-state index is 10.8. The van der Waals surface area contributed by atoms with Gasteiger partial charge in [0.05, 0.1) is 5.69 Å². The number of carbonyl (C=O) groups is 1. The molecule has 0 aliphatic heterocycles. The van der Waals surface area contributed by atoms with Crippen molar-refractivity contribution in [1.82, 2.24) is 9.97 Å². The Morgan fingerprint density at radius 1 is 1.05 bits per heavy atom. The van der Waals surface area contributed by atoms with Crippen LogP contribution in [0.25, 0.3) is 0 Å². The van der Waals surface area contributed by atoms with Crippen LogP contribution in [0.15, 0.2) is 30.3 Å². The third-order valence-electron chi connectivity index (χ3n) is 3.06. The minimum Gasteiger partial charge on any atom is -0.439 e. The summed E-state index contributed by atoms with van der Waals surface area (Å²) in [4.78, 5) is 19.8. The summed E-state index contributed by atoms with van der Waals surface area (Å²) in [6, 6.07) is 8.87. The van der Waals surface area contributed by atoms with Gasteiger partial charge < -0.3 is 4.74 Å². The van der Waals surface area contributed by atoms with E-state index in [1.54, 1.807) is 24.3 Å². The highest BCUT2D eigenvalue weighted by Gasteiger charge is 2.12. The van der Waals surface area contributed by atoms with Crippen molar-refractivity contribution >= 4 is 6.29 Å². The van der Waals surface area contributed by atoms with E-state index in [0.29, 0.717) is 23.1 Å². The third kappa shape index (κ3) is 3.88. The SMILES string of the molecule is CC(C)c1cc(Oc2cccc(C=O)c2)nc(C(C)C)n1. The predicted octanol–water partition coefficient (Wildman–Crippen LogP) is 4.33. The summed E-state index contributed by atoms with van der Waals surface area (Å²) >= 11 is 0. The lowest BCUT2D eigenvalue weighted by Crippen LogP contribution is -2.04. The quantitative estimate of drug-likeness (QED) is 0.767. The number of aromatic nitrogens is 2. The van der Waals surface area contributed by atoms with Crippen LogP contribution >= 0.6 is 0 Å². The normalized spacial score (nSPS) is 11.0. The standard InChI is InChI=1S/C17H20N2O2/c1-11(2)15-9-16(19-17(18-15)12(3)4)21-14-7-5-6-13(8-14)10-20/h5-12H,1-4H3. The first-order valence-electron chi connectivity index (χ1n) is 7.11. The second kappa shape index (κ2) is 6.48. The van der Waals surface area contributed by atoms with Crippen LogP contribution in [0.1, 0.15) is 61.4 Å². The molecule has 0 atom stereocenters. The Balaban J connectivity index is 2.35. The highest BCUT2D eigenvalue weighted by molar-refractivity contribution is 5.75. The number of hydrogen-bond acceptors (Lipinski definition) is 4. The number of nitrogens with zero attached hydrogens (tertiary/aromatic N) is 2. The molecule has 0 aliphatic rings. The zero-order valence-corrected chi connectivity index (χ0v) is 12.8. The van der Waals surface area contributed by atoms with E-state index >= 15 is 0 Å². The zero-order valence-electron chi connectivity index (χ0n) is 12.8. The molecule has 0 fully saturated rings. The van der Waals surface area contributed by atoms with Crippen LogP contribution in [-0.4, -0.2) is 16.3 Å². The predicted molar refractivity (Wildman–Crippen MR) is 82.1 cm³/mol. The van der Waals surface area contributed by atoms with Gasteiger partial charge in [-0.25, -0.2) is 4.98 Å². The summed E-state index contributed by atoms with van der Waals surface area (Å²) in [7, 11) is 0. The number of benzene rings is 1. The molecule has 0 N–H and O–H groups in total. The number of rotatable bonds is 5. The summed E-state index contributed by atoms with van der Waals surface area (Å²) < 4.78 is 5.79. The van der Waals surface area contributed by atoms with Gasteiger partial charge in [0.15, 0.2) is 0 Å².